The Morgan fingerprint density at radius 2 is 1.67 bits per heavy atom. The Morgan fingerprint density at radius 3 is 2.33 bits per heavy atom. The largest absolute Gasteiger partial charge is 0.352 e. The van der Waals surface area contributed by atoms with E-state index in [0.717, 1.165) is 42.5 Å². The Bertz CT molecular complexity index is 1550. The number of benzene rings is 3. The molecule has 0 saturated heterocycles. The third kappa shape index (κ3) is 7.91. The third-order valence-corrected chi connectivity index (χ3v) is 9.73. The highest BCUT2D eigenvalue weighted by molar-refractivity contribution is 7.92. The fourth-order valence-electron chi connectivity index (χ4n) is 5.28. The second kappa shape index (κ2) is 14.5. The van der Waals surface area contributed by atoms with Crippen LogP contribution < -0.4 is 9.62 Å². The Hall–Kier alpha value is -3.96. The first-order valence-electron chi connectivity index (χ1n) is 14.3. The van der Waals surface area contributed by atoms with Gasteiger partial charge in [0.15, 0.2) is 0 Å². The number of sulfonamides is 1. The van der Waals surface area contributed by atoms with Crippen molar-refractivity contribution in [2.45, 2.75) is 69.0 Å². The zero-order chi connectivity index (χ0) is 31.0. The lowest BCUT2D eigenvalue weighted by molar-refractivity contribution is -0.384. The molecule has 12 heteroatoms. The van der Waals surface area contributed by atoms with Gasteiger partial charge in [0, 0.05) is 29.7 Å². The molecule has 1 N–H and O–H groups in total. The maximum absolute atomic E-state index is 14.2. The number of anilines is 1. The van der Waals surface area contributed by atoms with Crippen LogP contribution in [0, 0.1) is 10.1 Å². The van der Waals surface area contributed by atoms with Crippen LogP contribution in [-0.4, -0.2) is 48.7 Å². The molecule has 0 spiro atoms. The summed E-state index contributed by atoms with van der Waals surface area (Å²) in [7, 11) is -4.34. The van der Waals surface area contributed by atoms with Gasteiger partial charge in [-0.2, -0.15) is 0 Å². The second-order valence-corrected chi connectivity index (χ2v) is 12.8. The van der Waals surface area contributed by atoms with Gasteiger partial charge in [0.25, 0.3) is 15.7 Å². The van der Waals surface area contributed by atoms with E-state index in [1.54, 1.807) is 49.4 Å². The van der Waals surface area contributed by atoms with Crippen LogP contribution in [-0.2, 0) is 26.2 Å². The molecule has 2 amide bonds. The van der Waals surface area contributed by atoms with Crippen molar-refractivity contribution in [3.8, 4) is 0 Å². The maximum atomic E-state index is 14.2. The third-order valence-electron chi connectivity index (χ3n) is 7.57. The Kier molecular flexibility index (Phi) is 10.8. The van der Waals surface area contributed by atoms with Crippen molar-refractivity contribution in [2.75, 3.05) is 10.8 Å². The number of non-ortho nitro benzene ring substituents is 1. The molecule has 10 nitrogen and oxygen atoms in total. The number of rotatable bonds is 12. The Labute approximate surface area is 256 Å². The molecular weight excluding hydrogens is 592 g/mol. The number of nitro groups is 1. The van der Waals surface area contributed by atoms with E-state index in [9.17, 15) is 28.1 Å². The maximum Gasteiger partial charge on any atom is 0.271 e. The number of nitrogens with one attached hydrogen (secondary N) is 1. The summed E-state index contributed by atoms with van der Waals surface area (Å²) in [5.41, 5.74) is 0.211. The first-order chi connectivity index (χ1) is 20.6. The van der Waals surface area contributed by atoms with Crippen LogP contribution in [0.15, 0.2) is 83.8 Å². The van der Waals surface area contributed by atoms with E-state index in [0.29, 0.717) is 10.6 Å². The Balaban J connectivity index is 1.74. The van der Waals surface area contributed by atoms with Gasteiger partial charge < -0.3 is 10.2 Å². The SMILES string of the molecule is CCC(C(=O)NC1CCCCC1)N(Cc1ccccc1Cl)C(=O)CN(c1cccc([N+](=O)[O-])c1)S(=O)(=O)c1ccccc1. The molecule has 0 aromatic heterocycles. The fourth-order valence-corrected chi connectivity index (χ4v) is 6.91. The van der Waals surface area contributed by atoms with E-state index in [-0.39, 0.29) is 41.2 Å². The molecule has 1 unspecified atom stereocenters. The molecule has 1 fully saturated rings. The number of halogens is 1. The van der Waals surface area contributed by atoms with Crippen LogP contribution in [0.2, 0.25) is 5.02 Å². The molecule has 1 aliphatic carbocycles. The van der Waals surface area contributed by atoms with Gasteiger partial charge in [0.1, 0.15) is 12.6 Å². The Morgan fingerprint density at radius 1 is 1.00 bits per heavy atom. The van der Waals surface area contributed by atoms with E-state index in [1.807, 2.05) is 0 Å². The number of nitrogens with zero attached hydrogens (tertiary/aromatic N) is 3. The van der Waals surface area contributed by atoms with Gasteiger partial charge in [0.2, 0.25) is 11.8 Å². The summed E-state index contributed by atoms with van der Waals surface area (Å²) in [6, 6.07) is 18.7. The highest BCUT2D eigenvalue weighted by atomic mass is 35.5. The molecule has 0 radical (unpaired) electrons. The standard InChI is InChI=1S/C31H35ClN4O6S/c1-2-29(31(38)33-24-13-5-3-6-14-24)34(21-23-12-9-10-19-28(23)32)30(37)22-35(25-15-11-16-26(20-25)36(39)40)43(41,42)27-17-7-4-8-18-27/h4,7-12,15-20,24,29H,2-3,5-6,13-14,21-22H2,1H3,(H,33,38). The number of carbonyl (C=O) groups is 2. The summed E-state index contributed by atoms with van der Waals surface area (Å²) in [6.07, 6.45) is 5.13. The molecule has 0 heterocycles. The number of nitro benzene ring substituents is 1. The first kappa shape index (κ1) is 32.0. The smallest absolute Gasteiger partial charge is 0.271 e. The van der Waals surface area contributed by atoms with E-state index < -0.39 is 33.4 Å². The number of hydrogen-bond donors (Lipinski definition) is 1. The summed E-state index contributed by atoms with van der Waals surface area (Å²) >= 11 is 6.45. The molecule has 1 atom stereocenters. The number of amides is 2. The average Bonchev–Trinajstić information content (AvgIpc) is 3.01. The zero-order valence-corrected chi connectivity index (χ0v) is 25.5. The number of hydrogen-bond acceptors (Lipinski definition) is 6. The molecule has 228 valence electrons. The van der Waals surface area contributed by atoms with Crippen LogP contribution >= 0.6 is 11.6 Å². The topological polar surface area (TPSA) is 130 Å². The first-order valence-corrected chi connectivity index (χ1v) is 16.1. The lowest BCUT2D eigenvalue weighted by Crippen LogP contribution is -2.54. The molecule has 3 aromatic carbocycles. The van der Waals surface area contributed by atoms with Gasteiger partial charge in [-0.25, -0.2) is 8.42 Å². The van der Waals surface area contributed by atoms with Crippen LogP contribution in [0.25, 0.3) is 0 Å². The summed E-state index contributed by atoms with van der Waals surface area (Å²) < 4.78 is 28.7. The zero-order valence-electron chi connectivity index (χ0n) is 23.9. The molecule has 1 saturated carbocycles. The van der Waals surface area contributed by atoms with Crippen LogP contribution in [0.3, 0.4) is 0 Å². The number of carbonyl (C=O) groups excluding carboxylic acids is 2. The van der Waals surface area contributed by atoms with Crippen molar-refractivity contribution in [3.05, 3.63) is 99.6 Å². The minimum absolute atomic E-state index is 0.00684. The monoisotopic (exact) mass is 626 g/mol. The molecule has 4 rings (SSSR count). The van der Waals surface area contributed by atoms with Gasteiger partial charge in [0.05, 0.1) is 15.5 Å². The summed E-state index contributed by atoms with van der Waals surface area (Å²) in [6.45, 7) is 1.05. The minimum Gasteiger partial charge on any atom is -0.352 e. The van der Waals surface area contributed by atoms with Crippen molar-refractivity contribution in [2.24, 2.45) is 0 Å². The second-order valence-electron chi connectivity index (χ2n) is 10.5. The van der Waals surface area contributed by atoms with Gasteiger partial charge in [-0.05, 0) is 49.1 Å². The summed E-state index contributed by atoms with van der Waals surface area (Å²) in [5, 5.41) is 15.0. The van der Waals surface area contributed by atoms with E-state index in [2.05, 4.69) is 5.32 Å². The predicted octanol–water partition coefficient (Wildman–Crippen LogP) is 5.70. The minimum atomic E-state index is -4.34. The van der Waals surface area contributed by atoms with Crippen molar-refractivity contribution < 1.29 is 22.9 Å². The normalized spacial score (nSPS) is 14.5. The van der Waals surface area contributed by atoms with Crippen molar-refractivity contribution in [3.63, 3.8) is 0 Å². The van der Waals surface area contributed by atoms with Gasteiger partial charge in [-0.1, -0.05) is 80.3 Å². The highest BCUT2D eigenvalue weighted by Crippen LogP contribution is 2.28. The van der Waals surface area contributed by atoms with E-state index >= 15 is 0 Å². The van der Waals surface area contributed by atoms with Crippen LogP contribution in [0.1, 0.15) is 51.0 Å². The predicted molar refractivity (Wildman–Crippen MR) is 165 cm³/mol. The molecule has 1 aliphatic rings. The van der Waals surface area contributed by atoms with Gasteiger partial charge >= 0.3 is 0 Å². The molecule has 43 heavy (non-hydrogen) atoms. The average molecular weight is 627 g/mol. The lowest BCUT2D eigenvalue weighted by atomic mass is 9.95. The van der Waals surface area contributed by atoms with Gasteiger partial charge in [-0.15, -0.1) is 0 Å². The van der Waals surface area contributed by atoms with Crippen molar-refractivity contribution in [1.82, 2.24) is 10.2 Å². The van der Waals surface area contributed by atoms with E-state index in [4.69, 9.17) is 11.6 Å². The quantitative estimate of drug-likeness (QED) is 0.203. The molecule has 3 aromatic rings. The molecule has 0 aliphatic heterocycles. The van der Waals surface area contributed by atoms with Gasteiger partial charge in [-0.3, -0.25) is 24.0 Å². The summed E-state index contributed by atoms with van der Waals surface area (Å²) in [4.78, 5) is 40.0. The van der Waals surface area contributed by atoms with Crippen LogP contribution in [0.5, 0.6) is 0 Å². The van der Waals surface area contributed by atoms with Crippen molar-refractivity contribution in [1.29, 1.82) is 0 Å². The van der Waals surface area contributed by atoms with E-state index in [1.165, 1.54) is 35.2 Å². The lowest BCUT2D eigenvalue weighted by Gasteiger charge is -2.34. The highest BCUT2D eigenvalue weighted by Gasteiger charge is 2.35. The van der Waals surface area contributed by atoms with Crippen LogP contribution in [0.4, 0.5) is 11.4 Å². The molecular formula is C31H35ClN4O6S. The van der Waals surface area contributed by atoms with Crippen molar-refractivity contribution >= 4 is 44.8 Å². The molecule has 0 bridgehead atoms. The summed E-state index contributed by atoms with van der Waals surface area (Å²) in [5.74, 6) is -0.973. The fraction of sp³-hybridized carbons (Fsp3) is 0.355.